The summed E-state index contributed by atoms with van der Waals surface area (Å²) >= 11 is 0. The van der Waals surface area contributed by atoms with Gasteiger partial charge in [-0.25, -0.2) is 0 Å². The normalized spacial score (nSPS) is 17.1. The van der Waals surface area contributed by atoms with Gasteiger partial charge in [0.15, 0.2) is 0 Å². The highest BCUT2D eigenvalue weighted by Crippen LogP contribution is 2.40. The first kappa shape index (κ1) is 15.3. The Labute approximate surface area is 100 Å². The van der Waals surface area contributed by atoms with E-state index in [4.69, 9.17) is 5.11 Å². The van der Waals surface area contributed by atoms with Crippen molar-refractivity contribution in [2.45, 2.75) is 65.9 Å². The lowest BCUT2D eigenvalue weighted by Crippen LogP contribution is -2.45. The fraction of sp³-hybridized carbons (Fsp3) is 0.857. The molecule has 0 aliphatic rings. The average Bonchev–Trinajstić information content (AvgIpc) is 2.17. The summed E-state index contributed by atoms with van der Waals surface area (Å²) in [6.07, 6.45) is 6.55. The molecule has 0 aromatic rings. The molecule has 0 saturated carbocycles. The minimum absolute atomic E-state index is 0.323. The Morgan fingerprint density at radius 1 is 1.19 bits per heavy atom. The molecule has 0 unspecified atom stereocenters. The van der Waals surface area contributed by atoms with Gasteiger partial charge in [0.05, 0.1) is 0 Å². The molecule has 2 heteroatoms. The van der Waals surface area contributed by atoms with E-state index in [1.807, 2.05) is 20.0 Å². The first-order valence-corrected chi connectivity index (χ1v) is 6.18. The number of aliphatic hydroxyl groups excluding tert-OH is 1. The second-order valence-electron chi connectivity index (χ2n) is 5.43. The highest BCUT2D eigenvalue weighted by molar-refractivity contribution is 5.14. The van der Waals surface area contributed by atoms with E-state index in [-0.39, 0.29) is 5.41 Å². The molecule has 2 nitrogen and oxygen atoms in total. The van der Waals surface area contributed by atoms with Crippen LogP contribution in [0.1, 0.15) is 60.3 Å². The first-order chi connectivity index (χ1) is 7.29. The lowest BCUT2D eigenvalue weighted by molar-refractivity contribution is -0.0356. The van der Waals surface area contributed by atoms with Crippen LogP contribution in [0, 0.1) is 23.4 Å². The fourth-order valence-electron chi connectivity index (χ4n) is 1.81. The second-order valence-corrected chi connectivity index (χ2v) is 5.43. The largest absolute Gasteiger partial charge is 0.462 e. The average molecular weight is 226 g/mol. The van der Waals surface area contributed by atoms with Gasteiger partial charge in [0.1, 0.15) is 11.7 Å². The van der Waals surface area contributed by atoms with E-state index < -0.39 is 5.60 Å². The molecule has 0 bridgehead atoms. The van der Waals surface area contributed by atoms with Gasteiger partial charge in [-0.05, 0) is 18.8 Å². The molecule has 0 rings (SSSR count). The highest BCUT2D eigenvalue weighted by atomic mass is 16.3. The Balaban J connectivity index is 4.55. The van der Waals surface area contributed by atoms with E-state index in [9.17, 15) is 5.11 Å². The molecule has 2 atom stereocenters. The molecule has 0 radical (unpaired) electrons. The molecular weight excluding hydrogens is 200 g/mol. The van der Waals surface area contributed by atoms with E-state index >= 15 is 0 Å². The molecule has 0 heterocycles. The molecule has 0 saturated heterocycles. The van der Waals surface area contributed by atoms with Crippen LogP contribution in [-0.2, 0) is 0 Å². The van der Waals surface area contributed by atoms with Gasteiger partial charge < -0.3 is 10.2 Å². The topological polar surface area (TPSA) is 40.5 Å². The summed E-state index contributed by atoms with van der Waals surface area (Å²) in [5, 5.41) is 18.9. The monoisotopic (exact) mass is 226 g/mol. The van der Waals surface area contributed by atoms with Gasteiger partial charge in [-0.15, -0.1) is 0 Å². The zero-order valence-corrected chi connectivity index (χ0v) is 11.3. The predicted molar refractivity (Wildman–Crippen MR) is 67.4 cm³/mol. The van der Waals surface area contributed by atoms with Crippen LogP contribution in [0.5, 0.6) is 0 Å². The zero-order valence-electron chi connectivity index (χ0n) is 11.3. The molecule has 0 aliphatic heterocycles. The second kappa shape index (κ2) is 6.15. The highest BCUT2D eigenvalue weighted by Gasteiger charge is 2.42. The number of hydrogen-bond acceptors (Lipinski definition) is 2. The molecule has 94 valence electrons. The summed E-state index contributed by atoms with van der Waals surface area (Å²) in [7, 11) is 0. The van der Waals surface area contributed by atoms with Crippen LogP contribution in [0.25, 0.3) is 0 Å². The van der Waals surface area contributed by atoms with Crippen molar-refractivity contribution < 1.29 is 10.2 Å². The molecule has 2 N–H and O–H groups in total. The van der Waals surface area contributed by atoms with Gasteiger partial charge in [-0.1, -0.05) is 53.4 Å². The van der Waals surface area contributed by atoms with E-state index in [1.54, 1.807) is 6.92 Å². The van der Waals surface area contributed by atoms with Gasteiger partial charge in [0.25, 0.3) is 0 Å². The van der Waals surface area contributed by atoms with E-state index in [0.717, 1.165) is 6.42 Å². The fourth-order valence-corrected chi connectivity index (χ4v) is 1.81. The minimum Gasteiger partial charge on any atom is -0.462 e. The number of unbranched alkanes of at least 4 members (excludes halogenated alkanes) is 2. The smallest absolute Gasteiger partial charge is 0.131 e. The minimum atomic E-state index is -1.15. The van der Waals surface area contributed by atoms with Crippen LogP contribution < -0.4 is 0 Å². The standard InChI is InChI=1S/C14H26O2/c1-6-7-8-9-12(2)13(3,4)14(5,16)10-11-15/h12,15-16H,6-9H2,1-5H3/t12-,14-/m0/s1. The summed E-state index contributed by atoms with van der Waals surface area (Å²) in [5.41, 5.74) is -1.47. The van der Waals surface area contributed by atoms with Crippen molar-refractivity contribution >= 4 is 0 Å². The van der Waals surface area contributed by atoms with Gasteiger partial charge >= 0.3 is 0 Å². The molecule has 0 spiro atoms. The maximum atomic E-state index is 10.2. The third-order valence-electron chi connectivity index (χ3n) is 4.03. The number of rotatable bonds is 6. The van der Waals surface area contributed by atoms with Gasteiger partial charge in [0.2, 0.25) is 0 Å². The summed E-state index contributed by atoms with van der Waals surface area (Å²) in [5.74, 6) is 2.86. The van der Waals surface area contributed by atoms with Crippen molar-refractivity contribution in [1.82, 2.24) is 0 Å². The zero-order chi connectivity index (χ0) is 12.8. The number of aliphatic hydroxyl groups is 2. The Morgan fingerprint density at radius 2 is 1.75 bits per heavy atom. The maximum absolute atomic E-state index is 10.2. The SMILES string of the molecule is CCCCC[C@H](C)C(C)(C)[C@@](C)(O)C#CO. The van der Waals surface area contributed by atoms with Gasteiger partial charge in [-0.2, -0.15) is 0 Å². The molecule has 16 heavy (non-hydrogen) atoms. The lowest BCUT2D eigenvalue weighted by atomic mass is 9.66. The molecule has 0 aromatic carbocycles. The summed E-state index contributed by atoms with van der Waals surface area (Å²) in [4.78, 5) is 0. The van der Waals surface area contributed by atoms with Crippen molar-refractivity contribution in [3.8, 4) is 12.0 Å². The van der Waals surface area contributed by atoms with Crippen LogP contribution in [-0.4, -0.2) is 15.8 Å². The quantitative estimate of drug-likeness (QED) is 0.539. The Kier molecular flexibility index (Phi) is 5.89. The van der Waals surface area contributed by atoms with Crippen molar-refractivity contribution in [3.05, 3.63) is 0 Å². The van der Waals surface area contributed by atoms with Crippen molar-refractivity contribution in [2.24, 2.45) is 11.3 Å². The van der Waals surface area contributed by atoms with Gasteiger partial charge in [0, 0.05) is 5.41 Å². The van der Waals surface area contributed by atoms with Gasteiger partial charge in [-0.3, -0.25) is 0 Å². The molecule has 0 aliphatic carbocycles. The Morgan fingerprint density at radius 3 is 2.19 bits per heavy atom. The van der Waals surface area contributed by atoms with Crippen LogP contribution in [0.3, 0.4) is 0 Å². The Bertz CT molecular complexity index is 256. The Hall–Kier alpha value is -0.680. The lowest BCUT2D eigenvalue weighted by Gasteiger charge is -2.41. The van der Waals surface area contributed by atoms with E-state index in [0.29, 0.717) is 5.92 Å². The van der Waals surface area contributed by atoms with E-state index in [1.165, 1.54) is 19.3 Å². The third kappa shape index (κ3) is 3.72. The van der Waals surface area contributed by atoms with E-state index in [2.05, 4.69) is 19.8 Å². The summed E-state index contributed by atoms with van der Waals surface area (Å²) < 4.78 is 0. The van der Waals surface area contributed by atoms with Crippen molar-refractivity contribution in [3.63, 3.8) is 0 Å². The first-order valence-electron chi connectivity index (χ1n) is 6.18. The van der Waals surface area contributed by atoms with Crippen LogP contribution in [0.15, 0.2) is 0 Å². The van der Waals surface area contributed by atoms with Crippen molar-refractivity contribution in [2.75, 3.05) is 0 Å². The van der Waals surface area contributed by atoms with Crippen LogP contribution in [0.4, 0.5) is 0 Å². The summed E-state index contributed by atoms with van der Waals surface area (Å²) in [6.45, 7) is 10.0. The molecular formula is C14H26O2. The maximum Gasteiger partial charge on any atom is 0.131 e. The third-order valence-corrected chi connectivity index (χ3v) is 4.03. The predicted octanol–water partition coefficient (Wildman–Crippen LogP) is 3.31. The summed E-state index contributed by atoms with van der Waals surface area (Å²) in [6, 6.07) is 0. The molecule has 0 fully saturated rings. The van der Waals surface area contributed by atoms with Crippen molar-refractivity contribution in [1.29, 1.82) is 0 Å². The van der Waals surface area contributed by atoms with Crippen LogP contribution in [0.2, 0.25) is 0 Å². The molecule has 0 amide bonds. The van der Waals surface area contributed by atoms with Crippen LogP contribution >= 0.6 is 0 Å². The number of hydrogen-bond donors (Lipinski definition) is 2. The molecule has 0 aromatic heterocycles.